The number of rotatable bonds is 8. The van der Waals surface area contributed by atoms with Gasteiger partial charge in [-0.05, 0) is 34.1 Å². The summed E-state index contributed by atoms with van der Waals surface area (Å²) in [6.45, 7) is 12.2. The summed E-state index contributed by atoms with van der Waals surface area (Å²) in [6.07, 6.45) is 0.738. The molecule has 0 aromatic carbocycles. The van der Waals surface area contributed by atoms with Gasteiger partial charge in [-0.15, -0.1) is 12.6 Å². The molecule has 0 aliphatic rings. The lowest BCUT2D eigenvalue weighted by molar-refractivity contribution is -0.133. The Balaban J connectivity index is 3.92. The standard InChI is InChI=1S/C13H26O3S/c1-10(2)11(14)9-16-12(3,4)7-8-15-13(5,6)17/h10,17H,7-9H2,1-6H3. The second-order valence-electron chi connectivity index (χ2n) is 5.71. The zero-order valence-electron chi connectivity index (χ0n) is 11.9. The van der Waals surface area contributed by atoms with Crippen LogP contribution in [0.5, 0.6) is 0 Å². The van der Waals surface area contributed by atoms with Crippen LogP contribution >= 0.6 is 12.6 Å². The van der Waals surface area contributed by atoms with Crippen LogP contribution < -0.4 is 0 Å². The van der Waals surface area contributed by atoms with E-state index in [2.05, 4.69) is 12.6 Å². The van der Waals surface area contributed by atoms with Crippen LogP contribution in [0.15, 0.2) is 0 Å². The lowest BCUT2D eigenvalue weighted by Crippen LogP contribution is -2.31. The van der Waals surface area contributed by atoms with E-state index in [9.17, 15) is 4.79 Å². The van der Waals surface area contributed by atoms with Crippen molar-refractivity contribution in [2.45, 2.75) is 58.5 Å². The molecule has 0 bridgehead atoms. The van der Waals surface area contributed by atoms with Gasteiger partial charge in [0.1, 0.15) is 11.5 Å². The zero-order chi connectivity index (χ0) is 13.7. The van der Waals surface area contributed by atoms with Gasteiger partial charge in [-0.25, -0.2) is 0 Å². The number of hydrogen-bond donors (Lipinski definition) is 1. The number of thiol groups is 1. The Labute approximate surface area is 111 Å². The highest BCUT2D eigenvalue weighted by Crippen LogP contribution is 2.19. The molecule has 0 saturated heterocycles. The third kappa shape index (κ3) is 9.62. The number of carbonyl (C=O) groups excluding carboxylic acids is 1. The third-order valence-electron chi connectivity index (χ3n) is 2.41. The Morgan fingerprint density at radius 2 is 1.71 bits per heavy atom. The molecular formula is C13H26O3S. The lowest BCUT2D eigenvalue weighted by Gasteiger charge is -2.27. The summed E-state index contributed by atoms with van der Waals surface area (Å²) in [5.41, 5.74) is -0.344. The Morgan fingerprint density at radius 3 is 2.12 bits per heavy atom. The van der Waals surface area contributed by atoms with E-state index >= 15 is 0 Å². The van der Waals surface area contributed by atoms with Gasteiger partial charge in [0.15, 0.2) is 5.78 Å². The van der Waals surface area contributed by atoms with Crippen LogP contribution in [-0.2, 0) is 14.3 Å². The van der Waals surface area contributed by atoms with E-state index in [0.717, 1.165) is 6.42 Å². The Morgan fingerprint density at radius 1 is 1.18 bits per heavy atom. The minimum absolute atomic E-state index is 0.0263. The molecule has 0 fully saturated rings. The van der Waals surface area contributed by atoms with Gasteiger partial charge in [0.05, 0.1) is 12.2 Å². The maximum absolute atomic E-state index is 11.5. The molecule has 0 aliphatic carbocycles. The molecule has 3 nitrogen and oxygen atoms in total. The third-order valence-corrected chi connectivity index (χ3v) is 2.54. The summed E-state index contributed by atoms with van der Waals surface area (Å²) in [5, 5.41) is 0. The summed E-state index contributed by atoms with van der Waals surface area (Å²) >= 11 is 4.28. The topological polar surface area (TPSA) is 35.5 Å². The van der Waals surface area contributed by atoms with E-state index in [1.54, 1.807) is 0 Å². The van der Waals surface area contributed by atoms with Gasteiger partial charge in [0.25, 0.3) is 0 Å². The van der Waals surface area contributed by atoms with Crippen molar-refractivity contribution in [2.24, 2.45) is 5.92 Å². The van der Waals surface area contributed by atoms with Gasteiger partial charge in [0.2, 0.25) is 0 Å². The van der Waals surface area contributed by atoms with Crippen LogP contribution in [0, 0.1) is 5.92 Å². The normalized spacial score (nSPS) is 13.2. The van der Waals surface area contributed by atoms with Gasteiger partial charge in [-0.1, -0.05) is 13.8 Å². The summed E-state index contributed by atoms with van der Waals surface area (Å²) in [7, 11) is 0. The highest BCUT2D eigenvalue weighted by Gasteiger charge is 2.22. The second kappa shape index (κ2) is 6.76. The van der Waals surface area contributed by atoms with E-state index in [4.69, 9.17) is 9.47 Å². The van der Waals surface area contributed by atoms with Gasteiger partial charge in [-0.2, -0.15) is 0 Å². The predicted octanol–water partition coefficient (Wildman–Crippen LogP) is 3.08. The molecule has 0 atom stereocenters. The zero-order valence-corrected chi connectivity index (χ0v) is 12.8. The van der Waals surface area contributed by atoms with Crippen LogP contribution in [0.3, 0.4) is 0 Å². The maximum atomic E-state index is 11.5. The molecule has 0 heterocycles. The fourth-order valence-corrected chi connectivity index (χ4v) is 1.14. The van der Waals surface area contributed by atoms with Crippen molar-refractivity contribution in [1.29, 1.82) is 0 Å². The molecule has 0 aromatic heterocycles. The number of ketones is 1. The van der Waals surface area contributed by atoms with Gasteiger partial charge >= 0.3 is 0 Å². The molecule has 0 unspecified atom stereocenters. The summed E-state index contributed by atoms with van der Waals surface area (Å²) in [4.78, 5) is 11.0. The fourth-order valence-electron chi connectivity index (χ4n) is 1.05. The molecule has 0 aliphatic heterocycles. The molecule has 0 amide bonds. The molecule has 0 spiro atoms. The minimum atomic E-state index is -0.427. The van der Waals surface area contributed by atoms with Crippen molar-refractivity contribution >= 4 is 18.4 Å². The van der Waals surface area contributed by atoms with Crippen LogP contribution in [-0.4, -0.2) is 29.5 Å². The van der Waals surface area contributed by atoms with Crippen molar-refractivity contribution in [3.8, 4) is 0 Å². The highest BCUT2D eigenvalue weighted by atomic mass is 32.1. The molecule has 0 radical (unpaired) electrons. The van der Waals surface area contributed by atoms with Crippen molar-refractivity contribution in [3.05, 3.63) is 0 Å². The maximum Gasteiger partial charge on any atom is 0.161 e. The average molecular weight is 262 g/mol. The molecular weight excluding hydrogens is 236 g/mol. The minimum Gasteiger partial charge on any atom is -0.368 e. The Bertz CT molecular complexity index is 242. The SMILES string of the molecule is CC(C)C(=O)COC(C)(C)CCOC(C)(C)S. The highest BCUT2D eigenvalue weighted by molar-refractivity contribution is 7.81. The van der Waals surface area contributed by atoms with Gasteiger partial charge in [-0.3, -0.25) is 4.79 Å². The van der Waals surface area contributed by atoms with Crippen LogP contribution in [0.4, 0.5) is 0 Å². The van der Waals surface area contributed by atoms with Crippen LogP contribution in [0.2, 0.25) is 0 Å². The van der Waals surface area contributed by atoms with E-state index in [0.29, 0.717) is 6.61 Å². The quantitative estimate of drug-likeness (QED) is 0.539. The second-order valence-corrected chi connectivity index (χ2v) is 6.79. The first-order chi connectivity index (χ1) is 7.53. The number of ether oxygens (including phenoxy) is 2. The molecule has 17 heavy (non-hydrogen) atoms. The number of hydrogen-bond acceptors (Lipinski definition) is 4. The van der Waals surface area contributed by atoms with E-state index < -0.39 is 4.93 Å². The van der Waals surface area contributed by atoms with Crippen molar-refractivity contribution in [1.82, 2.24) is 0 Å². The Hall–Kier alpha value is -0.0600. The monoisotopic (exact) mass is 262 g/mol. The Kier molecular flexibility index (Phi) is 6.74. The smallest absolute Gasteiger partial charge is 0.161 e. The average Bonchev–Trinajstić information content (AvgIpc) is 2.11. The summed E-state index contributed by atoms with van der Waals surface area (Å²) < 4.78 is 11.1. The molecule has 0 N–H and O–H groups in total. The molecule has 0 aromatic rings. The van der Waals surface area contributed by atoms with E-state index in [1.165, 1.54) is 0 Å². The molecule has 0 saturated carbocycles. The van der Waals surface area contributed by atoms with Crippen LogP contribution in [0.25, 0.3) is 0 Å². The predicted molar refractivity (Wildman–Crippen MR) is 73.5 cm³/mol. The van der Waals surface area contributed by atoms with Crippen molar-refractivity contribution in [3.63, 3.8) is 0 Å². The first kappa shape index (κ1) is 16.9. The van der Waals surface area contributed by atoms with E-state index in [1.807, 2.05) is 41.5 Å². The van der Waals surface area contributed by atoms with Gasteiger partial charge < -0.3 is 9.47 Å². The van der Waals surface area contributed by atoms with E-state index in [-0.39, 0.29) is 23.9 Å². The summed E-state index contributed by atoms with van der Waals surface area (Å²) in [6, 6.07) is 0. The van der Waals surface area contributed by atoms with Crippen molar-refractivity contribution in [2.75, 3.05) is 13.2 Å². The molecule has 0 rings (SSSR count). The number of Topliss-reactive ketones (excluding diaryl/α,β-unsaturated/α-hetero) is 1. The largest absolute Gasteiger partial charge is 0.368 e. The number of carbonyl (C=O) groups is 1. The fraction of sp³-hybridized carbons (Fsp3) is 0.923. The first-order valence-corrected chi connectivity index (χ1v) is 6.51. The first-order valence-electron chi connectivity index (χ1n) is 6.06. The van der Waals surface area contributed by atoms with Gasteiger partial charge in [0, 0.05) is 5.92 Å². The molecule has 4 heteroatoms. The van der Waals surface area contributed by atoms with Crippen LogP contribution in [0.1, 0.15) is 48.0 Å². The van der Waals surface area contributed by atoms with Crippen molar-refractivity contribution < 1.29 is 14.3 Å². The summed E-state index contributed by atoms with van der Waals surface area (Å²) in [5.74, 6) is 0.159. The molecule has 102 valence electrons. The lowest BCUT2D eigenvalue weighted by atomic mass is 10.1.